The van der Waals surface area contributed by atoms with Crippen LogP contribution in [0, 0.1) is 10.1 Å². The quantitative estimate of drug-likeness (QED) is 0.463. The van der Waals surface area contributed by atoms with Gasteiger partial charge in [0.2, 0.25) is 10.0 Å². The summed E-state index contributed by atoms with van der Waals surface area (Å²) in [7, 11) is -4.13. The second kappa shape index (κ2) is 6.41. The van der Waals surface area contributed by atoms with E-state index in [1.807, 2.05) is 4.72 Å². The van der Waals surface area contributed by atoms with Gasteiger partial charge in [0.15, 0.2) is 0 Å². The average Bonchev–Trinajstić information content (AvgIpc) is 2.38. The zero-order valence-electron chi connectivity index (χ0n) is 10.1. The molecular formula is C10H12N2O7S. The SMILES string of the molecule is O=C(O)[C@H](CCO)NS(=O)(=O)c1ccc([N+](=O)[O-])cc1. The maximum Gasteiger partial charge on any atom is 0.321 e. The Morgan fingerprint density at radius 1 is 1.35 bits per heavy atom. The summed E-state index contributed by atoms with van der Waals surface area (Å²) in [6.07, 6.45) is -0.290. The van der Waals surface area contributed by atoms with Gasteiger partial charge >= 0.3 is 5.97 Å². The van der Waals surface area contributed by atoms with E-state index in [9.17, 15) is 23.3 Å². The molecule has 0 aliphatic heterocycles. The van der Waals surface area contributed by atoms with Crippen molar-refractivity contribution in [3.8, 4) is 0 Å². The molecule has 0 bridgehead atoms. The zero-order valence-corrected chi connectivity index (χ0v) is 10.9. The van der Waals surface area contributed by atoms with Gasteiger partial charge in [0, 0.05) is 18.7 Å². The summed E-state index contributed by atoms with van der Waals surface area (Å²) < 4.78 is 25.7. The van der Waals surface area contributed by atoms with E-state index in [0.717, 1.165) is 24.3 Å². The van der Waals surface area contributed by atoms with Crippen molar-refractivity contribution in [2.24, 2.45) is 0 Å². The highest BCUT2D eigenvalue weighted by molar-refractivity contribution is 7.89. The molecule has 0 saturated carbocycles. The second-order valence-corrected chi connectivity index (χ2v) is 5.49. The molecule has 3 N–H and O–H groups in total. The zero-order chi connectivity index (χ0) is 15.3. The third kappa shape index (κ3) is 3.98. The smallest absolute Gasteiger partial charge is 0.321 e. The number of aliphatic hydroxyl groups excluding tert-OH is 1. The Hall–Kier alpha value is -2.04. The van der Waals surface area contributed by atoms with Crippen molar-refractivity contribution in [2.75, 3.05) is 6.61 Å². The first-order valence-electron chi connectivity index (χ1n) is 5.38. The number of nitro groups is 1. The van der Waals surface area contributed by atoms with E-state index in [4.69, 9.17) is 10.2 Å². The van der Waals surface area contributed by atoms with Crippen LogP contribution in [0.15, 0.2) is 29.2 Å². The Labute approximate surface area is 114 Å². The molecule has 1 aromatic carbocycles. The van der Waals surface area contributed by atoms with Gasteiger partial charge in [-0.05, 0) is 18.6 Å². The van der Waals surface area contributed by atoms with Gasteiger partial charge in [-0.3, -0.25) is 14.9 Å². The minimum Gasteiger partial charge on any atom is -0.480 e. The molecule has 0 aliphatic rings. The second-order valence-electron chi connectivity index (χ2n) is 3.78. The fourth-order valence-electron chi connectivity index (χ4n) is 1.36. The summed E-state index contributed by atoms with van der Waals surface area (Å²) in [5.74, 6) is -1.43. The lowest BCUT2D eigenvalue weighted by molar-refractivity contribution is -0.384. The predicted molar refractivity (Wildman–Crippen MR) is 66.5 cm³/mol. The minimum atomic E-state index is -4.13. The number of hydrogen-bond donors (Lipinski definition) is 3. The van der Waals surface area contributed by atoms with Crippen LogP contribution in [0.2, 0.25) is 0 Å². The molecule has 1 atom stereocenters. The van der Waals surface area contributed by atoms with Crippen molar-refractivity contribution in [1.82, 2.24) is 4.72 Å². The maximum atomic E-state index is 11.9. The van der Waals surface area contributed by atoms with Crippen LogP contribution in [0.4, 0.5) is 5.69 Å². The van der Waals surface area contributed by atoms with Crippen molar-refractivity contribution in [3.05, 3.63) is 34.4 Å². The molecule has 0 saturated heterocycles. The van der Waals surface area contributed by atoms with Crippen molar-refractivity contribution < 1.29 is 28.3 Å². The van der Waals surface area contributed by atoms with E-state index in [1.54, 1.807) is 0 Å². The number of carboxylic acids is 1. The summed E-state index contributed by atoms with van der Waals surface area (Å²) in [4.78, 5) is 20.3. The number of nitro benzene ring substituents is 1. The summed E-state index contributed by atoms with van der Waals surface area (Å²) >= 11 is 0. The van der Waals surface area contributed by atoms with Crippen LogP contribution in [-0.2, 0) is 14.8 Å². The molecule has 0 spiro atoms. The van der Waals surface area contributed by atoms with E-state index in [-0.39, 0.29) is 17.0 Å². The lowest BCUT2D eigenvalue weighted by atomic mass is 10.2. The predicted octanol–water partition coefficient (Wildman–Crippen LogP) is -0.291. The third-order valence-electron chi connectivity index (χ3n) is 2.37. The topological polar surface area (TPSA) is 147 Å². The minimum absolute atomic E-state index is 0.283. The average molecular weight is 304 g/mol. The van der Waals surface area contributed by atoms with Crippen LogP contribution in [-0.4, -0.2) is 42.2 Å². The van der Waals surface area contributed by atoms with Crippen LogP contribution in [0.25, 0.3) is 0 Å². The molecule has 1 aromatic rings. The Bertz CT molecular complexity index is 597. The number of carbonyl (C=O) groups is 1. The molecule has 1 rings (SSSR count). The summed E-state index contributed by atoms with van der Waals surface area (Å²) in [6, 6.07) is 2.52. The van der Waals surface area contributed by atoms with Gasteiger partial charge in [0.25, 0.3) is 5.69 Å². The molecule has 0 fully saturated rings. The lowest BCUT2D eigenvalue weighted by Gasteiger charge is -2.13. The number of carboxylic acid groups (broad SMARTS) is 1. The summed E-state index contributed by atoms with van der Waals surface area (Å²) in [5.41, 5.74) is -0.283. The fourth-order valence-corrected chi connectivity index (χ4v) is 2.59. The van der Waals surface area contributed by atoms with E-state index < -0.39 is 33.6 Å². The molecule has 0 aromatic heterocycles. The van der Waals surface area contributed by atoms with E-state index in [1.165, 1.54) is 0 Å². The molecule has 20 heavy (non-hydrogen) atoms. The van der Waals surface area contributed by atoms with Crippen molar-refractivity contribution in [3.63, 3.8) is 0 Å². The van der Waals surface area contributed by atoms with Crippen LogP contribution in [0.5, 0.6) is 0 Å². The first-order chi connectivity index (χ1) is 9.27. The third-order valence-corrected chi connectivity index (χ3v) is 3.86. The van der Waals surface area contributed by atoms with Crippen molar-refractivity contribution >= 4 is 21.7 Å². The Morgan fingerprint density at radius 2 is 1.90 bits per heavy atom. The first-order valence-corrected chi connectivity index (χ1v) is 6.86. The maximum absolute atomic E-state index is 11.9. The highest BCUT2D eigenvalue weighted by Gasteiger charge is 2.25. The fraction of sp³-hybridized carbons (Fsp3) is 0.300. The number of nitrogens with one attached hydrogen (secondary N) is 1. The van der Waals surface area contributed by atoms with Crippen LogP contribution in [0.1, 0.15) is 6.42 Å². The van der Waals surface area contributed by atoms with E-state index in [2.05, 4.69) is 0 Å². The lowest BCUT2D eigenvalue weighted by Crippen LogP contribution is -2.41. The normalized spacial score (nSPS) is 12.8. The molecule has 0 amide bonds. The Balaban J connectivity index is 2.98. The van der Waals surface area contributed by atoms with Crippen LogP contribution in [0.3, 0.4) is 0 Å². The summed E-state index contributed by atoms with van der Waals surface area (Å²) in [5, 5.41) is 27.9. The molecule has 0 heterocycles. The Morgan fingerprint density at radius 3 is 2.30 bits per heavy atom. The largest absolute Gasteiger partial charge is 0.480 e. The molecule has 110 valence electrons. The first kappa shape index (κ1) is 16.0. The number of aliphatic hydroxyl groups is 1. The molecule has 0 aliphatic carbocycles. The number of sulfonamides is 1. The Kier molecular flexibility index (Phi) is 5.13. The van der Waals surface area contributed by atoms with Gasteiger partial charge in [0.1, 0.15) is 6.04 Å². The van der Waals surface area contributed by atoms with E-state index >= 15 is 0 Å². The molecule has 9 nitrogen and oxygen atoms in total. The molecule has 0 radical (unpaired) electrons. The van der Waals surface area contributed by atoms with Gasteiger partial charge < -0.3 is 10.2 Å². The van der Waals surface area contributed by atoms with E-state index in [0.29, 0.717) is 0 Å². The number of rotatable bonds is 7. The number of aliphatic carboxylic acids is 1. The summed E-state index contributed by atoms with van der Waals surface area (Å²) in [6.45, 7) is -0.500. The number of non-ortho nitro benzene ring substituents is 1. The van der Waals surface area contributed by atoms with Crippen LogP contribution < -0.4 is 4.72 Å². The molecule has 0 unspecified atom stereocenters. The molecule has 10 heteroatoms. The standard InChI is InChI=1S/C10H12N2O7S/c13-6-5-9(10(14)15)11-20(18,19)8-3-1-7(2-4-8)12(16)17/h1-4,9,11,13H,5-6H2,(H,14,15)/t9-/m0/s1. The number of hydrogen-bond acceptors (Lipinski definition) is 6. The van der Waals surface area contributed by atoms with Crippen molar-refractivity contribution in [2.45, 2.75) is 17.4 Å². The van der Waals surface area contributed by atoms with Crippen molar-refractivity contribution in [1.29, 1.82) is 0 Å². The highest BCUT2D eigenvalue weighted by atomic mass is 32.2. The van der Waals surface area contributed by atoms with Gasteiger partial charge in [-0.25, -0.2) is 8.42 Å². The molecular weight excluding hydrogens is 292 g/mol. The van der Waals surface area contributed by atoms with Gasteiger partial charge in [-0.15, -0.1) is 0 Å². The number of benzene rings is 1. The highest BCUT2D eigenvalue weighted by Crippen LogP contribution is 2.16. The van der Waals surface area contributed by atoms with Crippen LogP contribution >= 0.6 is 0 Å². The van der Waals surface area contributed by atoms with Gasteiger partial charge in [-0.2, -0.15) is 4.72 Å². The van der Waals surface area contributed by atoms with Gasteiger partial charge in [0.05, 0.1) is 9.82 Å². The number of nitrogens with zero attached hydrogens (tertiary/aromatic N) is 1. The van der Waals surface area contributed by atoms with Gasteiger partial charge in [-0.1, -0.05) is 0 Å². The monoisotopic (exact) mass is 304 g/mol.